The van der Waals surface area contributed by atoms with Crippen molar-refractivity contribution >= 4 is 14.0 Å². The van der Waals surface area contributed by atoms with Crippen molar-refractivity contribution in [1.82, 2.24) is 5.32 Å². The van der Waals surface area contributed by atoms with Gasteiger partial charge in [0.05, 0.1) is 6.04 Å². The summed E-state index contributed by atoms with van der Waals surface area (Å²) in [6, 6.07) is 8.12. The van der Waals surface area contributed by atoms with Gasteiger partial charge < -0.3 is 5.32 Å². The van der Waals surface area contributed by atoms with Crippen LogP contribution in [-0.2, 0) is 4.79 Å². The van der Waals surface area contributed by atoms with Gasteiger partial charge in [-0.2, -0.15) is 0 Å². The zero-order chi connectivity index (χ0) is 13.8. The highest BCUT2D eigenvalue weighted by Crippen LogP contribution is 2.13. The molecule has 0 aliphatic rings. The number of nitrogens with one attached hydrogen (secondary N) is 1. The molecule has 0 radical (unpaired) electrons. The summed E-state index contributed by atoms with van der Waals surface area (Å²) in [6.07, 6.45) is 0. The minimum Gasteiger partial charge on any atom is -0.350 e. The Kier molecular flexibility index (Phi) is 4.74. The summed E-state index contributed by atoms with van der Waals surface area (Å²) in [5, 5.41) is 2.87. The second-order valence-corrected chi connectivity index (χ2v) is 10.3. The first-order chi connectivity index (χ1) is 8.28. The zero-order valence-electron chi connectivity index (χ0n) is 11.8. The van der Waals surface area contributed by atoms with Gasteiger partial charge in [-0.05, 0) is 24.6 Å². The van der Waals surface area contributed by atoms with E-state index in [4.69, 9.17) is 0 Å². The van der Waals surface area contributed by atoms with Crippen molar-refractivity contribution in [3.05, 3.63) is 35.4 Å². The van der Waals surface area contributed by atoms with E-state index < -0.39 is 8.07 Å². The fourth-order valence-corrected chi connectivity index (χ4v) is 2.02. The average Bonchev–Trinajstić information content (AvgIpc) is 2.25. The first kappa shape index (κ1) is 14.5. The first-order valence-electron chi connectivity index (χ1n) is 6.18. The van der Waals surface area contributed by atoms with E-state index in [2.05, 4.69) is 36.4 Å². The molecule has 0 fully saturated rings. The van der Waals surface area contributed by atoms with Gasteiger partial charge in [0.15, 0.2) is 0 Å². The molecule has 0 heterocycles. The molecule has 0 aliphatic carbocycles. The van der Waals surface area contributed by atoms with Gasteiger partial charge >= 0.3 is 0 Å². The maximum Gasteiger partial charge on any atom is 0.217 e. The van der Waals surface area contributed by atoms with Gasteiger partial charge in [0.1, 0.15) is 8.07 Å². The van der Waals surface area contributed by atoms with E-state index >= 15 is 0 Å². The zero-order valence-corrected chi connectivity index (χ0v) is 12.8. The third-order valence-corrected chi connectivity index (χ3v) is 3.29. The second-order valence-electron chi connectivity index (χ2n) is 5.54. The predicted octanol–water partition coefficient (Wildman–Crippen LogP) is 3.11. The Morgan fingerprint density at radius 2 is 1.78 bits per heavy atom. The lowest BCUT2D eigenvalue weighted by atomic mass is 10.1. The molecule has 1 rings (SSSR count). The van der Waals surface area contributed by atoms with E-state index in [9.17, 15) is 4.79 Å². The van der Waals surface area contributed by atoms with Crippen molar-refractivity contribution < 1.29 is 4.79 Å². The van der Waals surface area contributed by atoms with Gasteiger partial charge in [-0.3, -0.25) is 4.79 Å². The van der Waals surface area contributed by atoms with E-state index in [1.165, 1.54) is 6.92 Å². The van der Waals surface area contributed by atoms with Crippen molar-refractivity contribution in [3.8, 4) is 11.5 Å². The Balaban J connectivity index is 2.79. The van der Waals surface area contributed by atoms with Gasteiger partial charge in [0, 0.05) is 12.5 Å². The summed E-state index contributed by atoms with van der Waals surface area (Å²) >= 11 is 0. The number of hydrogen-bond acceptors (Lipinski definition) is 1. The average molecular weight is 259 g/mol. The SMILES string of the molecule is CC(=O)NC(C)c1ccc(C#C[Si](C)(C)C)cc1. The number of benzene rings is 1. The Morgan fingerprint density at radius 1 is 1.22 bits per heavy atom. The van der Waals surface area contributed by atoms with Crippen molar-refractivity contribution in [1.29, 1.82) is 0 Å². The Hall–Kier alpha value is -1.53. The molecule has 0 saturated carbocycles. The molecule has 0 aromatic heterocycles. The van der Waals surface area contributed by atoms with E-state index in [-0.39, 0.29) is 11.9 Å². The molecule has 2 nitrogen and oxygen atoms in total. The Labute approximate surface area is 111 Å². The predicted molar refractivity (Wildman–Crippen MR) is 78.9 cm³/mol. The third-order valence-electron chi connectivity index (χ3n) is 2.41. The molecule has 1 aromatic carbocycles. The molecule has 1 aromatic rings. The quantitative estimate of drug-likeness (QED) is 0.642. The van der Waals surface area contributed by atoms with E-state index in [0.717, 1.165) is 11.1 Å². The molecular formula is C15H21NOSi. The summed E-state index contributed by atoms with van der Waals surface area (Å²) in [6.45, 7) is 10.2. The third kappa shape index (κ3) is 5.20. The number of rotatable bonds is 2. The van der Waals surface area contributed by atoms with Crippen LogP contribution in [0.1, 0.15) is 31.0 Å². The fourth-order valence-electron chi connectivity index (χ4n) is 1.50. The monoisotopic (exact) mass is 259 g/mol. The van der Waals surface area contributed by atoms with E-state index in [1.54, 1.807) is 0 Å². The lowest BCUT2D eigenvalue weighted by Gasteiger charge is -2.12. The summed E-state index contributed by atoms with van der Waals surface area (Å²) in [7, 11) is -1.32. The maximum absolute atomic E-state index is 11.0. The number of carbonyl (C=O) groups excluding carboxylic acids is 1. The number of amides is 1. The highest BCUT2D eigenvalue weighted by molar-refractivity contribution is 6.83. The molecule has 0 saturated heterocycles. The van der Waals surface area contributed by atoms with Crippen molar-refractivity contribution in [3.63, 3.8) is 0 Å². The van der Waals surface area contributed by atoms with Crippen LogP contribution < -0.4 is 5.32 Å². The molecule has 0 spiro atoms. The van der Waals surface area contributed by atoms with Crippen LogP contribution in [0.3, 0.4) is 0 Å². The smallest absolute Gasteiger partial charge is 0.217 e. The van der Waals surface area contributed by atoms with E-state index in [0.29, 0.717) is 0 Å². The molecular weight excluding hydrogens is 238 g/mol. The standard InChI is InChI=1S/C15H21NOSi/c1-12(16-13(2)17)15-8-6-14(7-9-15)10-11-18(3,4)5/h6-9,12H,1-5H3,(H,16,17). The van der Waals surface area contributed by atoms with Crippen LogP contribution in [0.4, 0.5) is 0 Å². The van der Waals surface area contributed by atoms with Crippen LogP contribution >= 0.6 is 0 Å². The van der Waals surface area contributed by atoms with Crippen molar-refractivity contribution in [2.75, 3.05) is 0 Å². The molecule has 1 unspecified atom stereocenters. The van der Waals surface area contributed by atoms with Crippen LogP contribution in [0.5, 0.6) is 0 Å². The van der Waals surface area contributed by atoms with Gasteiger partial charge in [-0.15, -0.1) is 5.54 Å². The maximum atomic E-state index is 11.0. The summed E-state index contributed by atoms with van der Waals surface area (Å²) in [5.74, 6) is 3.21. The van der Waals surface area contributed by atoms with Crippen LogP contribution in [-0.4, -0.2) is 14.0 Å². The number of carbonyl (C=O) groups is 1. The number of hydrogen-bond donors (Lipinski definition) is 1. The summed E-state index contributed by atoms with van der Waals surface area (Å²) < 4.78 is 0. The highest BCUT2D eigenvalue weighted by Gasteiger charge is 2.08. The highest BCUT2D eigenvalue weighted by atomic mass is 28.3. The van der Waals surface area contributed by atoms with Gasteiger partial charge in [-0.25, -0.2) is 0 Å². The van der Waals surface area contributed by atoms with Crippen molar-refractivity contribution in [2.24, 2.45) is 0 Å². The molecule has 1 N–H and O–H groups in total. The fraction of sp³-hybridized carbons (Fsp3) is 0.400. The molecule has 18 heavy (non-hydrogen) atoms. The molecule has 1 atom stereocenters. The molecule has 96 valence electrons. The topological polar surface area (TPSA) is 29.1 Å². The first-order valence-corrected chi connectivity index (χ1v) is 9.68. The lowest BCUT2D eigenvalue weighted by molar-refractivity contribution is -0.119. The van der Waals surface area contributed by atoms with Crippen LogP contribution in [0.2, 0.25) is 19.6 Å². The largest absolute Gasteiger partial charge is 0.350 e. The summed E-state index contributed by atoms with van der Waals surface area (Å²) in [4.78, 5) is 11.0. The van der Waals surface area contributed by atoms with E-state index in [1.807, 2.05) is 31.2 Å². The van der Waals surface area contributed by atoms with Crippen LogP contribution in [0.25, 0.3) is 0 Å². The Morgan fingerprint density at radius 3 is 2.22 bits per heavy atom. The van der Waals surface area contributed by atoms with Gasteiger partial charge in [0.2, 0.25) is 5.91 Å². The lowest BCUT2D eigenvalue weighted by Crippen LogP contribution is -2.23. The van der Waals surface area contributed by atoms with Crippen LogP contribution in [0, 0.1) is 11.5 Å². The van der Waals surface area contributed by atoms with Crippen molar-refractivity contribution in [2.45, 2.75) is 39.5 Å². The summed E-state index contributed by atoms with van der Waals surface area (Å²) in [5.41, 5.74) is 5.48. The molecule has 1 amide bonds. The molecule has 3 heteroatoms. The minimum absolute atomic E-state index is 0.00917. The molecule has 0 bridgehead atoms. The van der Waals surface area contributed by atoms with Gasteiger partial charge in [-0.1, -0.05) is 37.7 Å². The normalized spacial score (nSPS) is 12.3. The van der Waals surface area contributed by atoms with Crippen LogP contribution in [0.15, 0.2) is 24.3 Å². The molecule has 0 aliphatic heterocycles. The van der Waals surface area contributed by atoms with Gasteiger partial charge in [0.25, 0.3) is 0 Å². The second kappa shape index (κ2) is 5.88. The Bertz CT molecular complexity index is 474. The minimum atomic E-state index is -1.32.